The highest BCUT2D eigenvalue weighted by Gasteiger charge is 2.37. The highest BCUT2D eigenvalue weighted by atomic mass is 19.4. The number of carbonyl (C=O) groups is 1. The van der Waals surface area contributed by atoms with Gasteiger partial charge in [0.25, 0.3) is 5.82 Å². The number of nitrogens with two attached hydrogens (primary N) is 1. The second-order valence-electron chi connectivity index (χ2n) is 5.57. The second-order valence-corrected chi connectivity index (χ2v) is 5.57. The molecule has 130 valence electrons. The number of halogens is 3. The summed E-state index contributed by atoms with van der Waals surface area (Å²) in [6, 6.07) is 3.07. The van der Waals surface area contributed by atoms with Crippen molar-refractivity contribution in [3.05, 3.63) is 18.0 Å². The molecule has 1 saturated heterocycles. The number of alkyl halides is 3. The Morgan fingerprint density at radius 2 is 1.96 bits per heavy atom. The summed E-state index contributed by atoms with van der Waals surface area (Å²) >= 11 is 0. The molecule has 0 atom stereocenters. The number of carbonyl (C=O) groups excluding carboxylic acids is 1. The molecule has 2 N–H and O–H groups in total. The molecule has 1 fully saturated rings. The number of amides is 1. The lowest BCUT2D eigenvalue weighted by molar-refractivity contribution is -0.146. The Morgan fingerprint density at radius 1 is 1.17 bits per heavy atom. The van der Waals surface area contributed by atoms with E-state index in [0.717, 1.165) is 6.42 Å². The highest BCUT2D eigenvalue weighted by Crippen LogP contribution is 2.28. The summed E-state index contributed by atoms with van der Waals surface area (Å²) in [5, 5.41) is 10.7. The monoisotopic (exact) mass is 343 g/mol. The Labute approximate surface area is 135 Å². The van der Waals surface area contributed by atoms with Gasteiger partial charge in [-0.05, 0) is 18.6 Å². The molecule has 11 heteroatoms. The molecule has 0 radical (unpaired) electrons. The van der Waals surface area contributed by atoms with Gasteiger partial charge in [0.2, 0.25) is 5.91 Å². The largest absolute Gasteiger partial charge is 0.453 e. The molecule has 0 bridgehead atoms. The van der Waals surface area contributed by atoms with Crippen molar-refractivity contribution in [1.29, 1.82) is 0 Å². The van der Waals surface area contributed by atoms with Crippen molar-refractivity contribution in [3.8, 4) is 0 Å². The molecule has 2 aromatic heterocycles. The van der Waals surface area contributed by atoms with Gasteiger partial charge in [-0.15, -0.1) is 15.3 Å². The summed E-state index contributed by atoms with van der Waals surface area (Å²) in [4.78, 5) is 14.8. The molecule has 3 heterocycles. The zero-order valence-corrected chi connectivity index (χ0v) is 12.7. The quantitative estimate of drug-likeness (QED) is 0.852. The summed E-state index contributed by atoms with van der Waals surface area (Å²) in [6.45, 7) is 2.61. The molecule has 1 aliphatic heterocycles. The normalized spacial score (nSPS) is 17.2. The van der Waals surface area contributed by atoms with E-state index in [1.165, 1.54) is 6.07 Å². The van der Waals surface area contributed by atoms with Gasteiger partial charge in [0.15, 0.2) is 5.65 Å². The number of rotatable bonds is 3. The predicted molar refractivity (Wildman–Crippen MR) is 78.2 cm³/mol. The summed E-state index contributed by atoms with van der Waals surface area (Å²) in [5.74, 6) is -1.14. The maximum Gasteiger partial charge on any atom is 0.453 e. The minimum absolute atomic E-state index is 0.0382. The lowest BCUT2D eigenvalue weighted by Gasteiger charge is -2.22. The van der Waals surface area contributed by atoms with Crippen LogP contribution < -0.4 is 10.6 Å². The smallest absolute Gasteiger partial charge is 0.369 e. The van der Waals surface area contributed by atoms with Gasteiger partial charge in [-0.1, -0.05) is 0 Å². The van der Waals surface area contributed by atoms with E-state index in [0.29, 0.717) is 36.5 Å². The fourth-order valence-electron chi connectivity index (χ4n) is 2.70. The van der Waals surface area contributed by atoms with E-state index in [-0.39, 0.29) is 12.2 Å². The summed E-state index contributed by atoms with van der Waals surface area (Å²) in [5.41, 5.74) is 5.24. The molecule has 1 aliphatic rings. The van der Waals surface area contributed by atoms with Crippen LogP contribution in [0.15, 0.2) is 12.1 Å². The Hall–Kier alpha value is -2.43. The lowest BCUT2D eigenvalue weighted by Crippen LogP contribution is -2.37. The number of anilines is 1. The average molecular weight is 343 g/mol. The second kappa shape index (κ2) is 6.23. The maximum atomic E-state index is 12.9. The van der Waals surface area contributed by atoms with E-state index >= 15 is 0 Å². The van der Waals surface area contributed by atoms with E-state index in [1.54, 1.807) is 6.07 Å². The van der Waals surface area contributed by atoms with Crippen LogP contribution >= 0.6 is 0 Å². The summed E-state index contributed by atoms with van der Waals surface area (Å²) in [7, 11) is 0. The van der Waals surface area contributed by atoms with Gasteiger partial charge in [-0.2, -0.15) is 17.7 Å². The van der Waals surface area contributed by atoms with Crippen LogP contribution in [0.5, 0.6) is 0 Å². The third kappa shape index (κ3) is 3.40. The zero-order chi connectivity index (χ0) is 17.3. The molecule has 0 spiro atoms. The van der Waals surface area contributed by atoms with Crippen LogP contribution in [0.3, 0.4) is 0 Å². The Kier molecular flexibility index (Phi) is 4.26. The fraction of sp³-hybridized carbons (Fsp3) is 0.538. The summed E-state index contributed by atoms with van der Waals surface area (Å²) < 4.78 is 39.5. The first-order valence-corrected chi connectivity index (χ1v) is 7.40. The van der Waals surface area contributed by atoms with Crippen molar-refractivity contribution in [3.63, 3.8) is 0 Å². The molecule has 0 aliphatic carbocycles. The lowest BCUT2D eigenvalue weighted by atomic mass is 10.3. The number of fused-ring (bicyclic) bond motifs is 1. The molecule has 0 aromatic carbocycles. The third-order valence-corrected chi connectivity index (χ3v) is 3.79. The van der Waals surface area contributed by atoms with Crippen molar-refractivity contribution in [2.75, 3.05) is 37.6 Å². The van der Waals surface area contributed by atoms with Crippen molar-refractivity contribution in [1.82, 2.24) is 24.7 Å². The van der Waals surface area contributed by atoms with Crippen molar-refractivity contribution >= 4 is 17.4 Å². The fourth-order valence-corrected chi connectivity index (χ4v) is 2.70. The molecule has 3 rings (SSSR count). The Balaban J connectivity index is 1.83. The first-order valence-electron chi connectivity index (χ1n) is 7.40. The summed E-state index contributed by atoms with van der Waals surface area (Å²) in [6.07, 6.45) is -3.87. The average Bonchev–Trinajstić information content (AvgIpc) is 2.80. The standard InChI is InChI=1S/C13H16F3N7O/c14-13(15,16)12-19-18-10-2-3-11(20-23(10)12)22-5-1-4-21(6-7-22)8-9(17)24/h2-3H,1,4-8H2,(H2,17,24). The van der Waals surface area contributed by atoms with Crippen LogP contribution in [0.25, 0.3) is 5.65 Å². The van der Waals surface area contributed by atoms with Crippen LogP contribution in [0.1, 0.15) is 12.2 Å². The Morgan fingerprint density at radius 3 is 2.67 bits per heavy atom. The number of primary amides is 1. The molecule has 2 aromatic rings. The van der Waals surface area contributed by atoms with Gasteiger partial charge in [0, 0.05) is 26.2 Å². The van der Waals surface area contributed by atoms with Crippen LogP contribution in [-0.2, 0) is 11.0 Å². The van der Waals surface area contributed by atoms with Gasteiger partial charge < -0.3 is 10.6 Å². The van der Waals surface area contributed by atoms with E-state index in [4.69, 9.17) is 5.73 Å². The first-order chi connectivity index (χ1) is 11.3. The van der Waals surface area contributed by atoms with Gasteiger partial charge in [-0.3, -0.25) is 9.69 Å². The number of hydrogen-bond donors (Lipinski definition) is 1. The SMILES string of the molecule is NC(=O)CN1CCCN(c2ccc3nnc(C(F)(F)F)n3n2)CC1. The molecule has 0 unspecified atom stereocenters. The maximum absolute atomic E-state index is 12.9. The van der Waals surface area contributed by atoms with Crippen molar-refractivity contribution < 1.29 is 18.0 Å². The molecule has 1 amide bonds. The van der Waals surface area contributed by atoms with Gasteiger partial charge in [0.05, 0.1) is 6.54 Å². The van der Waals surface area contributed by atoms with Gasteiger partial charge in [0.1, 0.15) is 5.82 Å². The highest BCUT2D eigenvalue weighted by molar-refractivity contribution is 5.75. The zero-order valence-electron chi connectivity index (χ0n) is 12.7. The first kappa shape index (κ1) is 16.4. The predicted octanol–water partition coefficient (Wildman–Crippen LogP) is 0.141. The molecule has 0 saturated carbocycles. The topological polar surface area (TPSA) is 92.7 Å². The number of nitrogens with zero attached hydrogens (tertiary/aromatic N) is 6. The molecule has 8 nitrogen and oxygen atoms in total. The van der Waals surface area contributed by atoms with E-state index in [1.807, 2.05) is 9.80 Å². The van der Waals surface area contributed by atoms with Crippen LogP contribution in [-0.4, -0.2) is 63.3 Å². The van der Waals surface area contributed by atoms with E-state index in [2.05, 4.69) is 15.3 Å². The van der Waals surface area contributed by atoms with Crippen LogP contribution in [0, 0.1) is 0 Å². The number of aromatic nitrogens is 4. The van der Waals surface area contributed by atoms with Crippen LogP contribution in [0.2, 0.25) is 0 Å². The van der Waals surface area contributed by atoms with Gasteiger partial charge in [-0.25, -0.2) is 0 Å². The molecular weight excluding hydrogens is 327 g/mol. The van der Waals surface area contributed by atoms with E-state index in [9.17, 15) is 18.0 Å². The molecular formula is C13H16F3N7O. The van der Waals surface area contributed by atoms with Crippen molar-refractivity contribution in [2.45, 2.75) is 12.6 Å². The minimum Gasteiger partial charge on any atom is -0.369 e. The van der Waals surface area contributed by atoms with Crippen molar-refractivity contribution in [2.24, 2.45) is 5.73 Å². The minimum atomic E-state index is -4.62. The van der Waals surface area contributed by atoms with E-state index < -0.39 is 17.9 Å². The number of hydrogen-bond acceptors (Lipinski definition) is 6. The molecule has 24 heavy (non-hydrogen) atoms. The third-order valence-electron chi connectivity index (χ3n) is 3.79. The Bertz CT molecular complexity index is 745. The van der Waals surface area contributed by atoms with Gasteiger partial charge >= 0.3 is 6.18 Å². The van der Waals surface area contributed by atoms with Crippen LogP contribution in [0.4, 0.5) is 19.0 Å².